The highest BCUT2D eigenvalue weighted by atomic mass is 16.5. The van der Waals surface area contributed by atoms with Gasteiger partial charge in [-0.1, -0.05) is 31.9 Å². The Hall–Kier alpha value is -1.46. The van der Waals surface area contributed by atoms with Crippen LogP contribution in [-0.4, -0.2) is 67.9 Å². The predicted octanol–water partition coefficient (Wildman–Crippen LogP) is 4.24. The van der Waals surface area contributed by atoms with E-state index >= 15 is 0 Å². The van der Waals surface area contributed by atoms with Crippen LogP contribution in [0.5, 0.6) is 0 Å². The highest BCUT2D eigenvalue weighted by molar-refractivity contribution is 5.98. The Labute approximate surface area is 188 Å². The molecule has 31 heavy (non-hydrogen) atoms. The van der Waals surface area contributed by atoms with Crippen LogP contribution in [0, 0.1) is 17.8 Å². The maximum atomic E-state index is 12.6. The fourth-order valence-corrected chi connectivity index (χ4v) is 5.40. The van der Waals surface area contributed by atoms with Crippen LogP contribution in [0.2, 0.25) is 0 Å². The van der Waals surface area contributed by atoms with Crippen LogP contribution < -0.4 is 0 Å². The molecular weight excluding hydrogens is 388 g/mol. The molecule has 5 nitrogen and oxygen atoms in total. The van der Waals surface area contributed by atoms with Gasteiger partial charge in [0.1, 0.15) is 0 Å². The van der Waals surface area contributed by atoms with E-state index in [4.69, 9.17) is 4.74 Å². The molecule has 0 aromatic rings. The van der Waals surface area contributed by atoms with Crippen molar-refractivity contribution in [3.05, 3.63) is 23.3 Å². The molecule has 174 valence electrons. The molecule has 1 aliphatic heterocycles. The van der Waals surface area contributed by atoms with E-state index in [1.165, 1.54) is 51.1 Å². The zero-order valence-corrected chi connectivity index (χ0v) is 20.0. The lowest BCUT2D eigenvalue weighted by Gasteiger charge is -2.32. The number of likely N-dealkylation sites (N-methyl/N-ethyl adjacent to an activating group) is 1. The quantitative estimate of drug-likeness (QED) is 0.311. The lowest BCUT2D eigenvalue weighted by atomic mass is 9.86. The first-order chi connectivity index (χ1) is 14.9. The number of hydrogen-bond acceptors (Lipinski definition) is 5. The third-order valence-corrected chi connectivity index (χ3v) is 7.83. The average molecular weight is 431 g/mol. The number of allylic oxidation sites excluding steroid dienone is 2. The first-order valence-corrected chi connectivity index (χ1v) is 12.4. The highest BCUT2D eigenvalue weighted by Gasteiger charge is 2.38. The molecule has 2 fully saturated rings. The third kappa shape index (κ3) is 6.52. The van der Waals surface area contributed by atoms with Gasteiger partial charge in [-0.25, -0.2) is 4.79 Å². The van der Waals surface area contributed by atoms with Crippen LogP contribution in [0.25, 0.3) is 0 Å². The summed E-state index contributed by atoms with van der Waals surface area (Å²) in [6.45, 7) is 14.7. The number of rotatable bonds is 9. The van der Waals surface area contributed by atoms with Crippen LogP contribution in [-0.2, 0) is 14.3 Å². The first-order valence-electron chi connectivity index (χ1n) is 12.4. The van der Waals surface area contributed by atoms with Gasteiger partial charge in [0, 0.05) is 38.2 Å². The van der Waals surface area contributed by atoms with Crippen molar-refractivity contribution in [1.82, 2.24) is 9.80 Å². The van der Waals surface area contributed by atoms with E-state index in [9.17, 15) is 9.59 Å². The van der Waals surface area contributed by atoms with Gasteiger partial charge in [-0.3, -0.25) is 4.79 Å². The zero-order chi connectivity index (χ0) is 22.4. The number of carbonyl (C=O) groups is 2. The summed E-state index contributed by atoms with van der Waals surface area (Å²) in [4.78, 5) is 29.7. The lowest BCUT2D eigenvalue weighted by molar-refractivity contribution is -0.139. The normalized spacial score (nSPS) is 27.8. The fourth-order valence-electron chi connectivity index (χ4n) is 5.40. The number of hydrogen-bond donors (Lipinski definition) is 0. The number of fused-ring (bicyclic) bond motifs is 1. The van der Waals surface area contributed by atoms with Gasteiger partial charge in [0.15, 0.2) is 5.78 Å². The van der Waals surface area contributed by atoms with Crippen LogP contribution >= 0.6 is 0 Å². The van der Waals surface area contributed by atoms with Crippen LogP contribution in [0.1, 0.15) is 65.2 Å². The molecule has 0 radical (unpaired) electrons. The number of esters is 1. The van der Waals surface area contributed by atoms with E-state index < -0.39 is 0 Å². The van der Waals surface area contributed by atoms with Crippen LogP contribution in [0.15, 0.2) is 23.3 Å². The monoisotopic (exact) mass is 430 g/mol. The summed E-state index contributed by atoms with van der Waals surface area (Å²) >= 11 is 0. The van der Waals surface area contributed by atoms with Crippen molar-refractivity contribution in [1.29, 1.82) is 0 Å². The van der Waals surface area contributed by atoms with E-state index in [1.807, 2.05) is 6.92 Å². The van der Waals surface area contributed by atoms with Crippen molar-refractivity contribution in [3.8, 4) is 0 Å². The van der Waals surface area contributed by atoms with Crippen molar-refractivity contribution in [2.45, 2.75) is 65.2 Å². The summed E-state index contributed by atoms with van der Waals surface area (Å²) < 4.78 is 5.55. The van der Waals surface area contributed by atoms with Gasteiger partial charge in [0.25, 0.3) is 0 Å². The van der Waals surface area contributed by atoms with Crippen molar-refractivity contribution in [2.75, 3.05) is 46.4 Å². The predicted molar refractivity (Wildman–Crippen MR) is 125 cm³/mol. The molecule has 0 aromatic heterocycles. The Bertz CT molecular complexity index is 691. The minimum atomic E-state index is -0.240. The van der Waals surface area contributed by atoms with Gasteiger partial charge >= 0.3 is 5.97 Å². The molecule has 1 saturated heterocycles. The summed E-state index contributed by atoms with van der Waals surface area (Å²) in [5, 5.41) is 0. The molecule has 5 heteroatoms. The van der Waals surface area contributed by atoms with Gasteiger partial charge in [0.2, 0.25) is 0 Å². The Balaban J connectivity index is 1.33. The maximum absolute atomic E-state index is 12.6. The summed E-state index contributed by atoms with van der Waals surface area (Å²) in [5.74, 6) is 1.02. The van der Waals surface area contributed by atoms with Crippen molar-refractivity contribution < 1.29 is 14.3 Å². The molecule has 0 amide bonds. The first kappa shape index (κ1) is 24.2. The summed E-state index contributed by atoms with van der Waals surface area (Å²) in [7, 11) is 2.19. The second-order valence-electron chi connectivity index (χ2n) is 10.1. The van der Waals surface area contributed by atoms with Gasteiger partial charge in [-0.15, -0.1) is 0 Å². The van der Waals surface area contributed by atoms with Crippen molar-refractivity contribution in [2.24, 2.45) is 17.8 Å². The largest absolute Gasteiger partial charge is 0.462 e. The number of piperazine rings is 1. The number of ether oxygens (including phenoxy) is 1. The average Bonchev–Trinajstić information content (AvgIpc) is 2.93. The topological polar surface area (TPSA) is 49.9 Å². The van der Waals surface area contributed by atoms with Gasteiger partial charge in [0.05, 0.1) is 6.61 Å². The van der Waals surface area contributed by atoms with E-state index in [0.717, 1.165) is 37.7 Å². The minimum absolute atomic E-state index is 0.111. The Kier molecular flexibility index (Phi) is 8.91. The van der Waals surface area contributed by atoms with E-state index in [0.29, 0.717) is 30.4 Å². The number of nitrogens with zero attached hydrogens (tertiary/aromatic N) is 2. The SMILES string of the molecule is C=C(C(=O)OCCCCCCN1CCN(C)CC1)C1CC[C@@H](C)[C@H]2CC(=O)C(C)=C2C1. The molecule has 2 aliphatic carbocycles. The fraction of sp³-hybridized carbons (Fsp3) is 0.769. The smallest absolute Gasteiger partial charge is 0.333 e. The van der Waals surface area contributed by atoms with Gasteiger partial charge < -0.3 is 14.5 Å². The molecule has 3 rings (SSSR count). The van der Waals surface area contributed by atoms with Crippen molar-refractivity contribution >= 4 is 11.8 Å². The molecule has 1 unspecified atom stereocenters. The van der Waals surface area contributed by atoms with E-state index in [1.54, 1.807) is 0 Å². The second-order valence-corrected chi connectivity index (χ2v) is 10.1. The molecular formula is C26H42N2O3. The molecule has 0 bridgehead atoms. The van der Waals surface area contributed by atoms with Crippen LogP contribution in [0.3, 0.4) is 0 Å². The Morgan fingerprint density at radius 2 is 1.77 bits per heavy atom. The second kappa shape index (κ2) is 11.4. The van der Waals surface area contributed by atoms with E-state index in [2.05, 4.69) is 30.4 Å². The Morgan fingerprint density at radius 1 is 1.06 bits per heavy atom. The molecule has 1 saturated carbocycles. The molecule has 3 aliphatic rings. The molecule has 3 atom stereocenters. The standard InChI is InChI=1S/C26H42N2O3/c1-19-9-10-22(17-24-21(3)25(29)18-23(19)24)20(2)26(30)31-16-8-6-5-7-11-28-14-12-27(4)13-15-28/h19,22-23H,2,5-18H2,1,3-4H3/t19-,22?,23-/m1/s1. The molecule has 1 heterocycles. The maximum Gasteiger partial charge on any atom is 0.333 e. The zero-order valence-electron chi connectivity index (χ0n) is 20.0. The summed E-state index contributed by atoms with van der Waals surface area (Å²) in [6, 6.07) is 0. The molecule has 0 spiro atoms. The van der Waals surface area contributed by atoms with Gasteiger partial charge in [-0.05, 0) is 75.9 Å². The number of ketones is 1. The highest BCUT2D eigenvalue weighted by Crippen LogP contribution is 2.45. The minimum Gasteiger partial charge on any atom is -0.462 e. The third-order valence-electron chi connectivity index (χ3n) is 7.83. The summed E-state index contributed by atoms with van der Waals surface area (Å²) in [5.41, 5.74) is 2.80. The lowest BCUT2D eigenvalue weighted by Crippen LogP contribution is -2.44. The Morgan fingerprint density at radius 3 is 2.52 bits per heavy atom. The summed E-state index contributed by atoms with van der Waals surface area (Å²) in [6.07, 6.45) is 7.89. The van der Waals surface area contributed by atoms with Crippen LogP contribution in [0.4, 0.5) is 0 Å². The number of unbranched alkanes of at least 4 members (excludes halogenated alkanes) is 3. The number of Topliss-reactive ketones (excluding diaryl/α,β-unsaturated/α-hetero) is 1. The van der Waals surface area contributed by atoms with Crippen molar-refractivity contribution in [3.63, 3.8) is 0 Å². The van der Waals surface area contributed by atoms with Gasteiger partial charge in [-0.2, -0.15) is 0 Å². The number of carbonyl (C=O) groups excluding carboxylic acids is 2. The molecule has 0 N–H and O–H groups in total. The van der Waals surface area contributed by atoms with E-state index in [-0.39, 0.29) is 17.7 Å². The molecule has 0 aromatic carbocycles.